The van der Waals surface area contributed by atoms with Crippen LogP contribution in [0, 0.1) is 11.8 Å². The van der Waals surface area contributed by atoms with E-state index in [2.05, 4.69) is 16.6 Å². The molecule has 4 rings (SSSR count). The van der Waals surface area contributed by atoms with Gasteiger partial charge in [-0.3, -0.25) is 4.98 Å². The summed E-state index contributed by atoms with van der Waals surface area (Å²) in [6.45, 7) is 3.17. The molecule has 3 atom stereocenters. The van der Waals surface area contributed by atoms with Crippen molar-refractivity contribution in [1.82, 2.24) is 19.7 Å². The SMILES string of the molecule is CCCn1nc(-c2ccccn2)nc1[C@H]1CC[C@@H]2CCC[C@@H]21. The Morgan fingerprint density at radius 1 is 1.18 bits per heavy atom. The molecule has 0 amide bonds. The average Bonchev–Trinajstić information content (AvgIpc) is 3.23. The van der Waals surface area contributed by atoms with Crippen molar-refractivity contribution in [3.63, 3.8) is 0 Å². The fourth-order valence-corrected chi connectivity index (χ4v) is 4.49. The van der Waals surface area contributed by atoms with E-state index in [0.717, 1.165) is 36.3 Å². The lowest BCUT2D eigenvalue weighted by atomic mass is 9.91. The Balaban J connectivity index is 1.70. The summed E-state index contributed by atoms with van der Waals surface area (Å²) in [7, 11) is 0. The number of pyridine rings is 1. The molecule has 0 N–H and O–H groups in total. The molecule has 4 nitrogen and oxygen atoms in total. The normalized spacial score (nSPS) is 27.2. The van der Waals surface area contributed by atoms with Crippen LogP contribution in [-0.4, -0.2) is 19.7 Å². The predicted molar refractivity (Wildman–Crippen MR) is 86.4 cm³/mol. The smallest absolute Gasteiger partial charge is 0.200 e. The maximum Gasteiger partial charge on any atom is 0.200 e. The van der Waals surface area contributed by atoms with Gasteiger partial charge in [0.1, 0.15) is 11.5 Å². The third-order valence-electron chi connectivity index (χ3n) is 5.44. The zero-order chi connectivity index (χ0) is 14.9. The molecule has 0 bridgehead atoms. The topological polar surface area (TPSA) is 43.6 Å². The number of rotatable bonds is 4. The van der Waals surface area contributed by atoms with Gasteiger partial charge in [0.15, 0.2) is 5.82 Å². The van der Waals surface area contributed by atoms with Crippen molar-refractivity contribution >= 4 is 0 Å². The molecule has 22 heavy (non-hydrogen) atoms. The van der Waals surface area contributed by atoms with E-state index in [1.165, 1.54) is 37.9 Å². The maximum atomic E-state index is 4.93. The zero-order valence-electron chi connectivity index (χ0n) is 13.3. The standard InChI is InChI=1S/C18H24N4/c1-2-12-22-18(15-10-9-13-6-5-7-14(13)15)20-17(21-22)16-8-3-4-11-19-16/h3-4,8,11,13-15H,2,5-7,9-10,12H2,1H3/t13-,14-,15-/m0/s1. The van der Waals surface area contributed by atoms with E-state index in [-0.39, 0.29) is 0 Å². The number of aryl methyl sites for hydroxylation is 1. The molecule has 2 aliphatic carbocycles. The monoisotopic (exact) mass is 296 g/mol. The maximum absolute atomic E-state index is 4.93. The minimum atomic E-state index is 0.615. The lowest BCUT2D eigenvalue weighted by molar-refractivity contribution is 0.396. The molecule has 116 valence electrons. The molecule has 2 aromatic heterocycles. The molecule has 2 aromatic rings. The highest BCUT2D eigenvalue weighted by molar-refractivity contribution is 5.48. The van der Waals surface area contributed by atoms with Crippen molar-refractivity contribution in [3.8, 4) is 11.5 Å². The summed E-state index contributed by atoms with van der Waals surface area (Å²) in [6, 6.07) is 5.95. The summed E-state index contributed by atoms with van der Waals surface area (Å²) in [4.78, 5) is 9.35. The van der Waals surface area contributed by atoms with E-state index >= 15 is 0 Å². The first-order valence-electron chi connectivity index (χ1n) is 8.73. The largest absolute Gasteiger partial charge is 0.253 e. The molecule has 2 saturated carbocycles. The summed E-state index contributed by atoms with van der Waals surface area (Å²) >= 11 is 0. The van der Waals surface area contributed by atoms with Gasteiger partial charge in [0.25, 0.3) is 0 Å². The van der Waals surface area contributed by atoms with Gasteiger partial charge in [-0.15, -0.1) is 5.10 Å². The Kier molecular flexibility index (Phi) is 3.68. The van der Waals surface area contributed by atoms with Crippen LogP contribution in [0.5, 0.6) is 0 Å². The van der Waals surface area contributed by atoms with Crippen molar-refractivity contribution in [2.24, 2.45) is 11.8 Å². The second-order valence-corrected chi connectivity index (χ2v) is 6.77. The zero-order valence-corrected chi connectivity index (χ0v) is 13.3. The number of nitrogens with zero attached hydrogens (tertiary/aromatic N) is 4. The fourth-order valence-electron chi connectivity index (χ4n) is 4.49. The van der Waals surface area contributed by atoms with Crippen molar-refractivity contribution in [3.05, 3.63) is 30.2 Å². The van der Waals surface area contributed by atoms with Crippen LogP contribution in [-0.2, 0) is 6.54 Å². The first-order chi connectivity index (χ1) is 10.9. The van der Waals surface area contributed by atoms with E-state index < -0.39 is 0 Å². The van der Waals surface area contributed by atoms with Crippen LogP contribution in [0.4, 0.5) is 0 Å². The number of aromatic nitrogens is 4. The van der Waals surface area contributed by atoms with E-state index in [9.17, 15) is 0 Å². The van der Waals surface area contributed by atoms with Crippen LogP contribution in [0.15, 0.2) is 24.4 Å². The molecule has 4 heteroatoms. The molecule has 0 saturated heterocycles. The van der Waals surface area contributed by atoms with Crippen LogP contribution in [0.1, 0.15) is 57.2 Å². The molecular formula is C18H24N4. The highest BCUT2D eigenvalue weighted by atomic mass is 15.4. The molecule has 2 heterocycles. The second kappa shape index (κ2) is 5.82. The third kappa shape index (κ3) is 2.34. The van der Waals surface area contributed by atoms with Crippen molar-refractivity contribution in [2.45, 2.75) is 57.9 Å². The van der Waals surface area contributed by atoms with Crippen LogP contribution >= 0.6 is 0 Å². The minimum Gasteiger partial charge on any atom is -0.253 e. The van der Waals surface area contributed by atoms with Crippen LogP contribution < -0.4 is 0 Å². The van der Waals surface area contributed by atoms with Crippen LogP contribution in [0.25, 0.3) is 11.5 Å². The molecule has 2 aliphatic rings. The quantitative estimate of drug-likeness (QED) is 0.855. The Bertz CT molecular complexity index is 634. The Morgan fingerprint density at radius 2 is 2.14 bits per heavy atom. The Hall–Kier alpha value is -1.71. The van der Waals surface area contributed by atoms with Gasteiger partial charge in [0.05, 0.1) is 0 Å². The Labute approximate surface area is 132 Å². The van der Waals surface area contributed by atoms with Crippen LogP contribution in [0.2, 0.25) is 0 Å². The number of hydrogen-bond donors (Lipinski definition) is 0. The minimum absolute atomic E-state index is 0.615. The van der Waals surface area contributed by atoms with E-state index in [1.54, 1.807) is 0 Å². The number of fused-ring (bicyclic) bond motifs is 1. The van der Waals surface area contributed by atoms with Crippen molar-refractivity contribution < 1.29 is 0 Å². The predicted octanol–water partition coefficient (Wildman–Crippen LogP) is 4.04. The molecule has 0 unspecified atom stereocenters. The van der Waals surface area contributed by atoms with Gasteiger partial charge in [-0.25, -0.2) is 9.67 Å². The average molecular weight is 296 g/mol. The van der Waals surface area contributed by atoms with Gasteiger partial charge in [0, 0.05) is 18.7 Å². The first kappa shape index (κ1) is 13.9. The molecule has 0 spiro atoms. The van der Waals surface area contributed by atoms with Crippen molar-refractivity contribution in [1.29, 1.82) is 0 Å². The molecular weight excluding hydrogens is 272 g/mol. The van der Waals surface area contributed by atoms with Gasteiger partial charge in [-0.2, -0.15) is 0 Å². The van der Waals surface area contributed by atoms with Gasteiger partial charge in [-0.1, -0.05) is 25.8 Å². The summed E-state index contributed by atoms with van der Waals surface area (Å²) in [5, 5.41) is 4.77. The third-order valence-corrected chi connectivity index (χ3v) is 5.44. The van der Waals surface area contributed by atoms with Crippen molar-refractivity contribution in [2.75, 3.05) is 0 Å². The summed E-state index contributed by atoms with van der Waals surface area (Å²) in [5.74, 6) is 4.41. The Morgan fingerprint density at radius 3 is 2.95 bits per heavy atom. The van der Waals surface area contributed by atoms with E-state index in [0.29, 0.717) is 5.92 Å². The molecule has 2 fully saturated rings. The lowest BCUT2D eigenvalue weighted by Crippen LogP contribution is -2.14. The molecule has 0 radical (unpaired) electrons. The van der Waals surface area contributed by atoms with Gasteiger partial charge >= 0.3 is 0 Å². The van der Waals surface area contributed by atoms with Gasteiger partial charge in [-0.05, 0) is 49.7 Å². The van der Waals surface area contributed by atoms with Gasteiger partial charge in [0.2, 0.25) is 0 Å². The highest BCUT2D eigenvalue weighted by Crippen LogP contribution is 2.51. The summed E-state index contributed by atoms with van der Waals surface area (Å²) < 4.78 is 2.16. The van der Waals surface area contributed by atoms with Crippen LogP contribution in [0.3, 0.4) is 0 Å². The van der Waals surface area contributed by atoms with E-state index in [1.807, 2.05) is 24.4 Å². The lowest BCUT2D eigenvalue weighted by Gasteiger charge is -2.18. The van der Waals surface area contributed by atoms with E-state index in [4.69, 9.17) is 10.1 Å². The molecule has 0 aliphatic heterocycles. The fraction of sp³-hybridized carbons (Fsp3) is 0.611. The molecule has 0 aromatic carbocycles. The first-order valence-corrected chi connectivity index (χ1v) is 8.73. The highest BCUT2D eigenvalue weighted by Gasteiger charge is 2.42. The number of hydrogen-bond acceptors (Lipinski definition) is 3. The van der Waals surface area contributed by atoms with Gasteiger partial charge < -0.3 is 0 Å². The summed E-state index contributed by atoms with van der Waals surface area (Å²) in [6.07, 6.45) is 9.80. The summed E-state index contributed by atoms with van der Waals surface area (Å²) in [5.41, 5.74) is 0.888. The second-order valence-electron chi connectivity index (χ2n) is 6.77.